The second-order valence-electron chi connectivity index (χ2n) is 8.50. The molecule has 0 aliphatic carbocycles. The summed E-state index contributed by atoms with van der Waals surface area (Å²) in [7, 11) is -4.00. The number of hydrogen-bond acceptors (Lipinski definition) is 5. The van der Waals surface area contributed by atoms with Crippen LogP contribution in [0.3, 0.4) is 0 Å². The van der Waals surface area contributed by atoms with E-state index >= 15 is 0 Å². The number of hydrogen-bond donors (Lipinski definition) is 1. The van der Waals surface area contributed by atoms with Crippen molar-refractivity contribution >= 4 is 21.7 Å². The molecule has 1 aliphatic rings. The van der Waals surface area contributed by atoms with Crippen LogP contribution in [0.15, 0.2) is 83.9 Å². The van der Waals surface area contributed by atoms with Crippen molar-refractivity contribution in [3.8, 4) is 0 Å². The molecule has 4 rings (SSSR count). The van der Waals surface area contributed by atoms with E-state index in [4.69, 9.17) is 20.9 Å². The zero-order valence-electron chi connectivity index (χ0n) is 20.0. The normalized spacial score (nSPS) is 15.7. The SMILES string of the molecule is CCCCN1CCC(O[C@@H](c2ccc(Cl)cc2)c2ccccn2)CC1.O=S(=O)(O)c1ccccc1. The number of likely N-dealkylation sites (tertiary alicyclic amines) is 1. The van der Waals surface area contributed by atoms with E-state index in [2.05, 4.69) is 16.8 Å². The summed E-state index contributed by atoms with van der Waals surface area (Å²) >= 11 is 6.05. The van der Waals surface area contributed by atoms with Crippen LogP contribution in [-0.4, -0.2) is 48.6 Å². The molecule has 8 heteroatoms. The molecule has 1 N–H and O–H groups in total. The maximum absolute atomic E-state index is 10.4. The number of pyridine rings is 1. The van der Waals surface area contributed by atoms with Crippen LogP contribution in [0.5, 0.6) is 0 Å². The van der Waals surface area contributed by atoms with E-state index in [0.29, 0.717) is 0 Å². The van der Waals surface area contributed by atoms with Gasteiger partial charge >= 0.3 is 0 Å². The largest absolute Gasteiger partial charge is 0.364 e. The van der Waals surface area contributed by atoms with Crippen molar-refractivity contribution in [2.75, 3.05) is 19.6 Å². The molecule has 1 saturated heterocycles. The number of piperidine rings is 1. The van der Waals surface area contributed by atoms with Crippen molar-refractivity contribution < 1.29 is 17.7 Å². The van der Waals surface area contributed by atoms with Gasteiger partial charge in [0.2, 0.25) is 0 Å². The third-order valence-corrected chi connectivity index (χ3v) is 6.98. The molecule has 188 valence electrons. The zero-order valence-corrected chi connectivity index (χ0v) is 21.5. The summed E-state index contributed by atoms with van der Waals surface area (Å²) in [5, 5.41) is 0.743. The lowest BCUT2D eigenvalue weighted by Gasteiger charge is -2.34. The molecule has 3 aromatic rings. The maximum atomic E-state index is 10.4. The molecule has 0 saturated carbocycles. The summed E-state index contributed by atoms with van der Waals surface area (Å²) in [5.41, 5.74) is 2.06. The fourth-order valence-corrected chi connectivity index (χ4v) is 4.55. The predicted molar refractivity (Wildman–Crippen MR) is 139 cm³/mol. The van der Waals surface area contributed by atoms with Gasteiger partial charge < -0.3 is 9.64 Å². The number of ether oxygens (including phenoxy) is 1. The fraction of sp³-hybridized carbons (Fsp3) is 0.370. The summed E-state index contributed by atoms with van der Waals surface area (Å²) in [6, 6.07) is 21.3. The van der Waals surface area contributed by atoms with E-state index in [9.17, 15) is 8.42 Å². The number of benzene rings is 2. The third-order valence-electron chi connectivity index (χ3n) is 5.86. The lowest BCUT2D eigenvalue weighted by molar-refractivity contribution is -0.0286. The van der Waals surface area contributed by atoms with Gasteiger partial charge in [-0.1, -0.05) is 61.3 Å². The molecule has 35 heavy (non-hydrogen) atoms. The molecule has 2 aromatic carbocycles. The lowest BCUT2D eigenvalue weighted by Crippen LogP contribution is -2.38. The number of halogens is 1. The summed E-state index contributed by atoms with van der Waals surface area (Å²) in [6.45, 7) is 5.71. The molecule has 6 nitrogen and oxygen atoms in total. The van der Waals surface area contributed by atoms with Gasteiger partial charge in [0, 0.05) is 24.3 Å². The summed E-state index contributed by atoms with van der Waals surface area (Å²) < 4.78 is 35.8. The first kappa shape index (κ1) is 27.3. The van der Waals surface area contributed by atoms with Gasteiger partial charge in [-0.3, -0.25) is 9.54 Å². The standard InChI is InChI=1S/C21H27ClN2O.C6H6O3S/c1-2-3-14-24-15-11-19(12-16-24)25-21(20-6-4-5-13-23-20)17-7-9-18(22)10-8-17;7-10(8,9)6-4-2-1-3-5-6/h4-10,13,19,21H,2-3,11-12,14-16H2,1H3;1-5H,(H,7,8,9)/t21-;/m0./s1. The van der Waals surface area contributed by atoms with Crippen LogP contribution in [0.2, 0.25) is 5.02 Å². The molecule has 1 aliphatic heterocycles. The van der Waals surface area contributed by atoms with Gasteiger partial charge in [0.05, 0.1) is 16.7 Å². The highest BCUT2D eigenvalue weighted by Gasteiger charge is 2.25. The first-order valence-electron chi connectivity index (χ1n) is 11.9. The number of aromatic nitrogens is 1. The third kappa shape index (κ3) is 9.02. The fourth-order valence-electron chi connectivity index (χ4n) is 3.92. The van der Waals surface area contributed by atoms with E-state index < -0.39 is 10.1 Å². The smallest absolute Gasteiger partial charge is 0.294 e. The highest BCUT2D eigenvalue weighted by atomic mass is 35.5. The second kappa shape index (κ2) is 13.7. The van der Waals surface area contributed by atoms with Crippen molar-refractivity contribution in [2.24, 2.45) is 0 Å². The first-order chi connectivity index (χ1) is 16.9. The van der Waals surface area contributed by atoms with Crippen molar-refractivity contribution in [3.05, 3.63) is 95.3 Å². The summed E-state index contributed by atoms with van der Waals surface area (Å²) in [6.07, 6.45) is 6.68. The summed E-state index contributed by atoms with van der Waals surface area (Å²) in [5.74, 6) is 0. The zero-order chi connectivity index (χ0) is 25.1. The van der Waals surface area contributed by atoms with E-state index in [1.54, 1.807) is 18.2 Å². The Morgan fingerprint density at radius 1 is 1.03 bits per heavy atom. The Kier molecular flexibility index (Phi) is 10.7. The predicted octanol–water partition coefficient (Wildman–Crippen LogP) is 6.04. The van der Waals surface area contributed by atoms with E-state index in [0.717, 1.165) is 42.2 Å². The van der Waals surface area contributed by atoms with Crippen LogP contribution in [0, 0.1) is 0 Å². The monoisotopic (exact) mass is 516 g/mol. The van der Waals surface area contributed by atoms with Crippen LogP contribution in [0.4, 0.5) is 0 Å². The number of unbranched alkanes of at least 4 members (excludes halogenated alkanes) is 1. The Bertz CT molecular complexity index is 1100. The average Bonchev–Trinajstić information content (AvgIpc) is 2.88. The van der Waals surface area contributed by atoms with Crippen molar-refractivity contribution in [2.45, 2.75) is 49.7 Å². The molecule has 2 heterocycles. The van der Waals surface area contributed by atoms with Crippen LogP contribution < -0.4 is 0 Å². The average molecular weight is 517 g/mol. The number of rotatable bonds is 8. The molecule has 0 bridgehead atoms. The summed E-state index contributed by atoms with van der Waals surface area (Å²) in [4.78, 5) is 7.01. The minimum Gasteiger partial charge on any atom is -0.364 e. The van der Waals surface area contributed by atoms with Crippen LogP contribution in [0.1, 0.15) is 50.0 Å². The first-order valence-corrected chi connectivity index (χ1v) is 13.8. The van der Waals surface area contributed by atoms with Crippen LogP contribution >= 0.6 is 11.6 Å². The van der Waals surface area contributed by atoms with E-state index in [-0.39, 0.29) is 17.1 Å². The molecule has 1 fully saturated rings. The topological polar surface area (TPSA) is 79.7 Å². The van der Waals surface area contributed by atoms with Gasteiger partial charge in [0.25, 0.3) is 10.1 Å². The number of nitrogens with zero attached hydrogens (tertiary/aromatic N) is 2. The molecule has 0 amide bonds. The van der Waals surface area contributed by atoms with E-state index in [1.807, 2.05) is 48.7 Å². The highest BCUT2D eigenvalue weighted by Crippen LogP contribution is 2.29. The van der Waals surface area contributed by atoms with E-state index in [1.165, 1.54) is 31.5 Å². The van der Waals surface area contributed by atoms with Gasteiger partial charge in [-0.15, -0.1) is 0 Å². The van der Waals surface area contributed by atoms with Crippen molar-refractivity contribution in [1.82, 2.24) is 9.88 Å². The van der Waals surface area contributed by atoms with Gasteiger partial charge in [0.15, 0.2) is 0 Å². The Morgan fingerprint density at radius 2 is 1.69 bits per heavy atom. The maximum Gasteiger partial charge on any atom is 0.294 e. The highest BCUT2D eigenvalue weighted by molar-refractivity contribution is 7.85. The molecule has 0 radical (unpaired) electrons. The van der Waals surface area contributed by atoms with Gasteiger partial charge in [-0.2, -0.15) is 8.42 Å². The lowest BCUT2D eigenvalue weighted by atomic mass is 10.0. The Morgan fingerprint density at radius 3 is 2.23 bits per heavy atom. The Hall–Kier alpha value is -2.29. The van der Waals surface area contributed by atoms with Gasteiger partial charge in [-0.25, -0.2) is 0 Å². The Balaban J connectivity index is 0.000000287. The Labute approximate surface area is 213 Å². The molecule has 0 spiro atoms. The van der Waals surface area contributed by atoms with Crippen LogP contribution in [0.25, 0.3) is 0 Å². The van der Waals surface area contributed by atoms with Crippen LogP contribution in [-0.2, 0) is 14.9 Å². The van der Waals surface area contributed by atoms with Crippen molar-refractivity contribution in [3.63, 3.8) is 0 Å². The molecule has 1 atom stereocenters. The second-order valence-corrected chi connectivity index (χ2v) is 10.4. The minimum atomic E-state index is -4.00. The van der Waals surface area contributed by atoms with Crippen molar-refractivity contribution in [1.29, 1.82) is 0 Å². The quantitative estimate of drug-likeness (QED) is 0.368. The van der Waals surface area contributed by atoms with Gasteiger partial charge in [0.1, 0.15) is 6.10 Å². The molecule has 0 unspecified atom stereocenters. The molecule has 1 aromatic heterocycles. The minimum absolute atomic E-state index is 0.0741. The van der Waals surface area contributed by atoms with Gasteiger partial charge in [-0.05, 0) is 67.8 Å². The molecular weight excluding hydrogens is 484 g/mol. The molecular formula is C27H33ClN2O4S.